The molecule has 0 spiro atoms. The number of hydrogen-bond acceptors (Lipinski definition) is 6. The van der Waals surface area contributed by atoms with E-state index in [0.29, 0.717) is 13.0 Å². The number of aromatic nitrogens is 4. The first-order valence-electron chi connectivity index (χ1n) is 7.24. The average molecular weight is 347 g/mol. The van der Waals surface area contributed by atoms with E-state index in [1.165, 1.54) is 0 Å². The second-order valence-corrected chi connectivity index (χ2v) is 7.62. The number of rotatable bonds is 6. The highest BCUT2D eigenvalue weighted by Crippen LogP contribution is 2.20. The highest BCUT2D eigenvalue weighted by molar-refractivity contribution is 8.01. The van der Waals surface area contributed by atoms with Crippen molar-refractivity contribution in [3.8, 4) is 0 Å². The summed E-state index contributed by atoms with van der Waals surface area (Å²) in [5.41, 5.74) is 2.90. The largest absolute Gasteiger partial charge is 0.355 e. The number of carbonyl (C=O) groups is 1. The zero-order chi connectivity index (χ0) is 16.2. The smallest absolute Gasteiger partial charge is 0.226 e. The fourth-order valence-corrected chi connectivity index (χ4v) is 3.97. The van der Waals surface area contributed by atoms with Gasteiger partial charge in [0.2, 0.25) is 5.91 Å². The molecule has 0 radical (unpaired) electrons. The minimum Gasteiger partial charge on any atom is -0.355 e. The zero-order valence-corrected chi connectivity index (χ0v) is 14.6. The molecule has 0 aromatic carbocycles. The number of aryl methyl sites for hydroxylation is 2. The number of nitrogens with one attached hydrogen (secondary N) is 1. The molecule has 3 rings (SSSR count). The van der Waals surface area contributed by atoms with E-state index in [4.69, 9.17) is 0 Å². The van der Waals surface area contributed by atoms with Gasteiger partial charge in [0.05, 0.1) is 12.1 Å². The third kappa shape index (κ3) is 3.89. The van der Waals surface area contributed by atoms with Gasteiger partial charge in [0.25, 0.3) is 0 Å². The van der Waals surface area contributed by atoms with E-state index in [0.717, 1.165) is 32.0 Å². The molecular weight excluding hydrogens is 330 g/mol. The number of pyridine rings is 1. The number of amides is 1. The van der Waals surface area contributed by atoms with Gasteiger partial charge in [-0.05, 0) is 25.5 Å². The molecule has 3 heterocycles. The quantitative estimate of drug-likeness (QED) is 0.547. The third-order valence-corrected chi connectivity index (χ3v) is 5.28. The van der Waals surface area contributed by atoms with Crippen molar-refractivity contribution in [1.29, 1.82) is 0 Å². The van der Waals surface area contributed by atoms with Gasteiger partial charge in [0, 0.05) is 24.7 Å². The Labute approximate surface area is 142 Å². The molecule has 8 heteroatoms. The van der Waals surface area contributed by atoms with Crippen molar-refractivity contribution < 1.29 is 4.79 Å². The summed E-state index contributed by atoms with van der Waals surface area (Å²) >= 11 is 3.18. The molecule has 0 fully saturated rings. The molecule has 1 amide bonds. The SMILES string of the molecule is Cc1nnc(SCCNC(=O)Cc2cnc3c(C)cccn23)s1. The Bertz CT molecular complexity index is 826. The standard InChI is InChI=1S/C15H17N5OS2/c1-10-4-3-6-20-12(9-17-14(10)20)8-13(21)16-5-7-22-15-19-18-11(2)23-15/h3-4,6,9H,5,7-8H2,1-2H3,(H,16,21). The predicted molar refractivity (Wildman–Crippen MR) is 92.0 cm³/mol. The van der Waals surface area contributed by atoms with Crippen LogP contribution in [-0.4, -0.2) is 37.8 Å². The van der Waals surface area contributed by atoms with Crippen LogP contribution in [0.25, 0.3) is 5.65 Å². The molecule has 0 atom stereocenters. The molecule has 23 heavy (non-hydrogen) atoms. The molecule has 3 aromatic heterocycles. The number of imidazole rings is 1. The fraction of sp³-hybridized carbons (Fsp3) is 0.333. The zero-order valence-electron chi connectivity index (χ0n) is 12.9. The van der Waals surface area contributed by atoms with Crippen molar-refractivity contribution in [3.63, 3.8) is 0 Å². The number of nitrogens with zero attached hydrogens (tertiary/aromatic N) is 4. The Hall–Kier alpha value is -1.93. The van der Waals surface area contributed by atoms with Crippen LogP contribution >= 0.6 is 23.1 Å². The van der Waals surface area contributed by atoms with Gasteiger partial charge in [-0.15, -0.1) is 10.2 Å². The van der Waals surface area contributed by atoms with Crippen LogP contribution in [0.15, 0.2) is 28.9 Å². The molecular formula is C15H17N5OS2. The van der Waals surface area contributed by atoms with Crippen molar-refractivity contribution in [2.45, 2.75) is 24.6 Å². The van der Waals surface area contributed by atoms with Crippen molar-refractivity contribution in [2.24, 2.45) is 0 Å². The maximum absolute atomic E-state index is 12.1. The van der Waals surface area contributed by atoms with Crippen molar-refractivity contribution in [1.82, 2.24) is 24.9 Å². The first-order valence-corrected chi connectivity index (χ1v) is 9.05. The summed E-state index contributed by atoms with van der Waals surface area (Å²) in [5.74, 6) is 0.787. The van der Waals surface area contributed by atoms with Crippen molar-refractivity contribution in [3.05, 3.63) is 40.8 Å². The predicted octanol–water partition coefficient (Wildman–Crippen LogP) is 2.25. The highest BCUT2D eigenvalue weighted by atomic mass is 32.2. The molecule has 0 saturated heterocycles. The molecule has 0 saturated carbocycles. The van der Waals surface area contributed by atoms with Crippen LogP contribution < -0.4 is 5.32 Å². The van der Waals surface area contributed by atoms with Gasteiger partial charge in [0.15, 0.2) is 4.34 Å². The highest BCUT2D eigenvalue weighted by Gasteiger charge is 2.09. The Morgan fingerprint density at radius 1 is 1.39 bits per heavy atom. The van der Waals surface area contributed by atoms with Gasteiger partial charge < -0.3 is 9.72 Å². The number of carbonyl (C=O) groups excluding carboxylic acids is 1. The lowest BCUT2D eigenvalue weighted by molar-refractivity contribution is -0.120. The van der Waals surface area contributed by atoms with Crippen LogP contribution in [-0.2, 0) is 11.2 Å². The summed E-state index contributed by atoms with van der Waals surface area (Å²) in [4.78, 5) is 16.4. The Morgan fingerprint density at radius 2 is 2.26 bits per heavy atom. The van der Waals surface area contributed by atoms with Gasteiger partial charge in [-0.25, -0.2) is 4.98 Å². The van der Waals surface area contributed by atoms with E-state index >= 15 is 0 Å². The second kappa shape index (κ2) is 7.10. The summed E-state index contributed by atoms with van der Waals surface area (Å²) in [6.07, 6.45) is 4.03. The fourth-order valence-electron chi connectivity index (χ4n) is 2.23. The van der Waals surface area contributed by atoms with Crippen LogP contribution in [0.4, 0.5) is 0 Å². The van der Waals surface area contributed by atoms with E-state index < -0.39 is 0 Å². The van der Waals surface area contributed by atoms with Gasteiger partial charge in [-0.1, -0.05) is 29.2 Å². The third-order valence-electron chi connectivity index (χ3n) is 3.31. The molecule has 0 bridgehead atoms. The monoisotopic (exact) mass is 347 g/mol. The Balaban J connectivity index is 1.50. The first-order chi connectivity index (χ1) is 11.1. The molecule has 1 N–H and O–H groups in total. The van der Waals surface area contributed by atoms with E-state index in [1.54, 1.807) is 29.3 Å². The molecule has 0 aliphatic heterocycles. The lowest BCUT2D eigenvalue weighted by Gasteiger charge is -2.05. The molecule has 0 aliphatic carbocycles. The molecule has 6 nitrogen and oxygen atoms in total. The molecule has 0 unspecified atom stereocenters. The van der Waals surface area contributed by atoms with E-state index in [1.807, 2.05) is 36.6 Å². The summed E-state index contributed by atoms with van der Waals surface area (Å²) in [7, 11) is 0. The summed E-state index contributed by atoms with van der Waals surface area (Å²) in [6.45, 7) is 4.55. The Morgan fingerprint density at radius 3 is 3.04 bits per heavy atom. The minimum atomic E-state index is 0.00218. The van der Waals surface area contributed by atoms with E-state index in [9.17, 15) is 4.79 Å². The lowest BCUT2D eigenvalue weighted by Crippen LogP contribution is -2.27. The van der Waals surface area contributed by atoms with Crippen molar-refractivity contribution in [2.75, 3.05) is 12.3 Å². The summed E-state index contributed by atoms with van der Waals surface area (Å²) in [5, 5.41) is 11.9. The van der Waals surface area contributed by atoms with Gasteiger partial charge in [0.1, 0.15) is 10.7 Å². The number of thioether (sulfide) groups is 1. The van der Waals surface area contributed by atoms with Gasteiger partial charge in [-0.2, -0.15) is 0 Å². The lowest BCUT2D eigenvalue weighted by atomic mass is 10.3. The number of hydrogen-bond donors (Lipinski definition) is 1. The van der Waals surface area contributed by atoms with Gasteiger partial charge >= 0.3 is 0 Å². The van der Waals surface area contributed by atoms with Crippen LogP contribution in [0.3, 0.4) is 0 Å². The molecule has 3 aromatic rings. The Kier molecular flexibility index (Phi) is 4.92. The first kappa shape index (κ1) is 15.9. The maximum atomic E-state index is 12.1. The van der Waals surface area contributed by atoms with Crippen LogP contribution in [0.5, 0.6) is 0 Å². The molecule has 0 aliphatic rings. The average Bonchev–Trinajstić information content (AvgIpc) is 3.12. The van der Waals surface area contributed by atoms with Crippen molar-refractivity contribution >= 4 is 34.7 Å². The second-order valence-electron chi connectivity index (χ2n) is 5.10. The number of fused-ring (bicyclic) bond motifs is 1. The molecule has 120 valence electrons. The van der Waals surface area contributed by atoms with Crippen LogP contribution in [0.1, 0.15) is 16.3 Å². The normalized spacial score (nSPS) is 11.0. The minimum absolute atomic E-state index is 0.00218. The van der Waals surface area contributed by atoms with Crippen LogP contribution in [0, 0.1) is 13.8 Å². The van der Waals surface area contributed by atoms with Crippen LogP contribution in [0.2, 0.25) is 0 Å². The van der Waals surface area contributed by atoms with Gasteiger partial charge in [-0.3, -0.25) is 4.79 Å². The summed E-state index contributed by atoms with van der Waals surface area (Å²) in [6, 6.07) is 3.98. The summed E-state index contributed by atoms with van der Waals surface area (Å²) < 4.78 is 2.90. The van der Waals surface area contributed by atoms with E-state index in [2.05, 4.69) is 20.5 Å². The van der Waals surface area contributed by atoms with E-state index in [-0.39, 0.29) is 5.91 Å². The maximum Gasteiger partial charge on any atom is 0.226 e. The topological polar surface area (TPSA) is 72.2 Å².